The van der Waals surface area contributed by atoms with Gasteiger partial charge < -0.3 is 25.0 Å². The molecule has 1 aliphatic rings. The molecule has 1 saturated heterocycles. The molecule has 0 radical (unpaired) electrons. The maximum absolute atomic E-state index is 12.4. The van der Waals surface area contributed by atoms with Crippen molar-refractivity contribution in [2.75, 3.05) is 51.0 Å². The van der Waals surface area contributed by atoms with E-state index in [1.807, 2.05) is 41.8 Å². The van der Waals surface area contributed by atoms with E-state index < -0.39 is 23.9 Å². The number of anilines is 2. The number of carbonyl (C=O) groups is 2. The van der Waals surface area contributed by atoms with E-state index in [2.05, 4.69) is 15.6 Å². The van der Waals surface area contributed by atoms with Crippen LogP contribution in [-0.4, -0.2) is 74.6 Å². The Balaban J connectivity index is 0.00000132. The molecule has 1 aromatic heterocycles. The molecule has 0 aromatic carbocycles. The Hall–Kier alpha value is -2.55. The van der Waals surface area contributed by atoms with Crippen LogP contribution in [0.5, 0.6) is 0 Å². The average Bonchev–Trinajstić information content (AvgIpc) is 3.01. The molecule has 2 amide bonds. The molecule has 164 valence electrons. The van der Waals surface area contributed by atoms with E-state index in [4.69, 9.17) is 9.47 Å². The maximum Gasteiger partial charge on any atom is 0.414 e. The molecule has 0 aliphatic carbocycles. The van der Waals surface area contributed by atoms with Crippen molar-refractivity contribution in [3.8, 4) is 0 Å². The molecule has 1 aliphatic heterocycles. The van der Waals surface area contributed by atoms with Gasteiger partial charge in [0.25, 0.3) is 0 Å². The van der Waals surface area contributed by atoms with Gasteiger partial charge in [-0.15, -0.1) is 0 Å². The second-order valence-electron chi connectivity index (χ2n) is 7.69. The number of amides is 2. The summed E-state index contributed by atoms with van der Waals surface area (Å²) in [4.78, 5) is 31.9. The number of ether oxygens (including phenoxy) is 2. The summed E-state index contributed by atoms with van der Waals surface area (Å²) in [6.45, 7) is 8.67. The Morgan fingerprint density at radius 2 is 2.00 bits per heavy atom. The summed E-state index contributed by atoms with van der Waals surface area (Å²) in [5.41, 5.74) is 0.0955. The van der Waals surface area contributed by atoms with Crippen molar-refractivity contribution in [2.45, 2.75) is 45.8 Å². The van der Waals surface area contributed by atoms with E-state index in [-0.39, 0.29) is 0 Å². The number of nitrogens with one attached hydrogen (secondary N) is 2. The highest BCUT2D eigenvalue weighted by atomic mass is 16.6. The van der Waals surface area contributed by atoms with Crippen LogP contribution in [0, 0.1) is 0 Å². The van der Waals surface area contributed by atoms with Crippen molar-refractivity contribution in [2.24, 2.45) is 0 Å². The molecule has 2 rings (SSSR count). The van der Waals surface area contributed by atoms with Gasteiger partial charge >= 0.3 is 12.2 Å². The summed E-state index contributed by atoms with van der Waals surface area (Å²) in [7, 11) is 5.53. The molecule has 0 spiro atoms. The summed E-state index contributed by atoms with van der Waals surface area (Å²) in [6.07, 6.45) is 1.17. The summed E-state index contributed by atoms with van der Waals surface area (Å²) in [5.74, 6) is 0.719. The van der Waals surface area contributed by atoms with Gasteiger partial charge in [0, 0.05) is 13.6 Å². The number of hydrogen-bond acceptors (Lipinski definition) is 7. The fraction of sp³-hybridized carbons (Fsp3) is 0.650. The molecule has 1 fully saturated rings. The molecule has 1 unspecified atom stereocenters. The lowest BCUT2D eigenvalue weighted by molar-refractivity contribution is 0.0165. The minimum atomic E-state index is -0.567. The van der Waals surface area contributed by atoms with Crippen molar-refractivity contribution in [1.82, 2.24) is 15.2 Å². The monoisotopic (exact) mass is 409 g/mol. The first-order chi connectivity index (χ1) is 13.6. The molecule has 1 aromatic rings. The topological polar surface area (TPSA) is 96.0 Å². The van der Waals surface area contributed by atoms with Crippen LogP contribution in [0.4, 0.5) is 21.1 Å². The van der Waals surface area contributed by atoms with Crippen LogP contribution in [0.1, 0.15) is 34.1 Å². The molecular weight excluding hydrogens is 374 g/mol. The van der Waals surface area contributed by atoms with Gasteiger partial charge in [-0.05, 0) is 53.4 Å². The molecule has 9 nitrogen and oxygen atoms in total. The number of hydrogen-bond donors (Lipinski definition) is 2. The Morgan fingerprint density at radius 1 is 1.34 bits per heavy atom. The van der Waals surface area contributed by atoms with Gasteiger partial charge in [0.2, 0.25) is 0 Å². The van der Waals surface area contributed by atoms with Crippen LogP contribution < -0.4 is 15.5 Å². The predicted octanol–water partition coefficient (Wildman–Crippen LogP) is 2.93. The third-order valence-corrected chi connectivity index (χ3v) is 3.76. The quantitative estimate of drug-likeness (QED) is 0.746. The highest BCUT2D eigenvalue weighted by Crippen LogP contribution is 2.23. The van der Waals surface area contributed by atoms with Crippen LogP contribution in [0.3, 0.4) is 0 Å². The number of pyridine rings is 1. The molecular formula is C20H35N5O4. The fourth-order valence-corrected chi connectivity index (χ4v) is 2.62. The van der Waals surface area contributed by atoms with Crippen molar-refractivity contribution >= 4 is 23.7 Å². The van der Waals surface area contributed by atoms with E-state index in [1.54, 1.807) is 30.3 Å². The number of rotatable bonds is 6. The lowest BCUT2D eigenvalue weighted by Gasteiger charge is -2.28. The van der Waals surface area contributed by atoms with E-state index in [0.29, 0.717) is 25.3 Å². The second-order valence-corrected chi connectivity index (χ2v) is 7.69. The first-order valence-electron chi connectivity index (χ1n) is 9.83. The number of aromatic nitrogens is 1. The number of carbonyl (C=O) groups excluding carboxylic acids is 2. The second kappa shape index (κ2) is 11.5. The van der Waals surface area contributed by atoms with Crippen molar-refractivity contribution in [3.05, 3.63) is 18.3 Å². The highest BCUT2D eigenvalue weighted by Gasteiger charge is 2.35. The lowest BCUT2D eigenvalue weighted by Crippen LogP contribution is -2.42. The zero-order valence-electron chi connectivity index (χ0n) is 18.6. The van der Waals surface area contributed by atoms with E-state index >= 15 is 0 Å². The van der Waals surface area contributed by atoms with E-state index in [0.717, 1.165) is 12.2 Å². The third-order valence-electron chi connectivity index (χ3n) is 3.76. The Kier molecular flexibility index (Phi) is 9.67. The smallest absolute Gasteiger partial charge is 0.414 e. The van der Waals surface area contributed by atoms with Gasteiger partial charge in [0.15, 0.2) is 0 Å². The van der Waals surface area contributed by atoms with Gasteiger partial charge in [0.05, 0.1) is 25.0 Å². The van der Waals surface area contributed by atoms with Gasteiger partial charge in [-0.3, -0.25) is 4.90 Å². The standard InChI is InChI=1S/C18H28N4O4.C2H7N/c1-6-9-21(16(23)26-18(2,3)4)11-14-12-22(17(24)25-14)13-7-8-15(19-5)20-10-13;1-3-2/h7-8,10,14H,6,9,11-12H2,1-5H3,(H,19,20);3H,1-2H3. The molecule has 0 saturated carbocycles. The van der Waals surface area contributed by atoms with Crippen LogP contribution in [0.15, 0.2) is 18.3 Å². The fourth-order valence-electron chi connectivity index (χ4n) is 2.62. The largest absolute Gasteiger partial charge is 0.444 e. The molecule has 1 atom stereocenters. The zero-order valence-corrected chi connectivity index (χ0v) is 18.6. The average molecular weight is 410 g/mol. The maximum atomic E-state index is 12.4. The van der Waals surface area contributed by atoms with E-state index in [1.165, 1.54) is 4.90 Å². The Bertz CT molecular complexity index is 645. The third kappa shape index (κ3) is 8.15. The molecule has 29 heavy (non-hydrogen) atoms. The highest BCUT2D eigenvalue weighted by molar-refractivity contribution is 5.89. The van der Waals surface area contributed by atoms with Crippen LogP contribution >= 0.6 is 0 Å². The predicted molar refractivity (Wildman–Crippen MR) is 114 cm³/mol. The van der Waals surface area contributed by atoms with Gasteiger partial charge in [-0.1, -0.05) is 6.92 Å². The zero-order chi connectivity index (χ0) is 22.0. The SMILES string of the molecule is CCCN(CC1CN(c2ccc(NC)nc2)C(=O)O1)C(=O)OC(C)(C)C.CNC. The number of cyclic esters (lactones) is 1. The van der Waals surface area contributed by atoms with Gasteiger partial charge in [0.1, 0.15) is 17.5 Å². The van der Waals surface area contributed by atoms with Gasteiger partial charge in [-0.2, -0.15) is 0 Å². The molecule has 0 bridgehead atoms. The van der Waals surface area contributed by atoms with Crippen molar-refractivity contribution in [3.63, 3.8) is 0 Å². The minimum Gasteiger partial charge on any atom is -0.444 e. The summed E-state index contributed by atoms with van der Waals surface area (Å²) in [6, 6.07) is 3.60. The minimum absolute atomic E-state index is 0.299. The molecule has 2 N–H and O–H groups in total. The number of nitrogens with zero attached hydrogens (tertiary/aromatic N) is 3. The van der Waals surface area contributed by atoms with Crippen molar-refractivity contribution < 1.29 is 19.1 Å². The first-order valence-corrected chi connectivity index (χ1v) is 9.83. The van der Waals surface area contributed by atoms with Crippen LogP contribution in [-0.2, 0) is 9.47 Å². The summed E-state index contributed by atoms with van der Waals surface area (Å²) >= 11 is 0. The molecule has 2 heterocycles. The van der Waals surface area contributed by atoms with E-state index in [9.17, 15) is 9.59 Å². The summed E-state index contributed by atoms with van der Waals surface area (Å²) < 4.78 is 10.9. The Labute approximate surface area is 173 Å². The van der Waals surface area contributed by atoms with Gasteiger partial charge in [-0.25, -0.2) is 14.6 Å². The first kappa shape index (κ1) is 24.5. The van der Waals surface area contributed by atoms with Crippen LogP contribution in [0.2, 0.25) is 0 Å². The summed E-state index contributed by atoms with van der Waals surface area (Å²) in [5, 5.41) is 5.68. The normalized spacial score (nSPS) is 15.9. The molecule has 9 heteroatoms. The van der Waals surface area contributed by atoms with Crippen molar-refractivity contribution in [1.29, 1.82) is 0 Å². The van der Waals surface area contributed by atoms with Crippen LogP contribution in [0.25, 0.3) is 0 Å². The Morgan fingerprint density at radius 3 is 2.48 bits per heavy atom. The lowest BCUT2D eigenvalue weighted by atomic mass is 10.2.